The second-order valence-corrected chi connectivity index (χ2v) is 18.4. The maximum Gasteiger partial charge on any atom is 0.164 e. The highest BCUT2D eigenvalue weighted by Gasteiger charge is 2.51. The summed E-state index contributed by atoms with van der Waals surface area (Å²) in [6.07, 6.45) is 0. The lowest BCUT2D eigenvalue weighted by atomic mass is 9.67. The van der Waals surface area contributed by atoms with Crippen LogP contribution in [0.1, 0.15) is 22.3 Å². The summed E-state index contributed by atoms with van der Waals surface area (Å²) in [5, 5.41) is 2.70. The Hall–Kier alpha value is -7.44. The van der Waals surface area contributed by atoms with Gasteiger partial charge in [-0.3, -0.25) is 0 Å². The maximum atomic E-state index is 5.03. The van der Waals surface area contributed by atoms with Crippen molar-refractivity contribution in [2.45, 2.75) is 15.2 Å². The van der Waals surface area contributed by atoms with Crippen LogP contribution in [-0.2, 0) is 5.41 Å². The Morgan fingerprint density at radius 1 is 0.333 bits per heavy atom. The lowest BCUT2D eigenvalue weighted by Crippen LogP contribution is -2.32. The molecule has 11 aromatic rings. The van der Waals surface area contributed by atoms with Gasteiger partial charge in [0.2, 0.25) is 0 Å². The van der Waals surface area contributed by atoms with E-state index in [4.69, 9.17) is 15.0 Å². The van der Waals surface area contributed by atoms with Crippen molar-refractivity contribution >= 4 is 43.3 Å². The standard InChI is InChI=1S/C58H35N3S2/c1-3-15-36(16-4-1)55-59-56(37-17-5-2-6-18-37)61-57(60-55)42-22-14-21-40(34-42)38-19-13-20-39(33-38)41-29-31-51-48(35-41)58(46-26-10-12-28-50(46)63-51)45-25-9-7-23-43(45)53-47(58)30-32-52-54(53)44-24-8-11-27-49(44)62-52/h1-35H. The molecule has 1 aliphatic carbocycles. The summed E-state index contributed by atoms with van der Waals surface area (Å²) < 4.78 is 2.66. The molecule has 0 fully saturated rings. The van der Waals surface area contributed by atoms with Crippen LogP contribution in [0.2, 0.25) is 0 Å². The predicted molar refractivity (Wildman–Crippen MR) is 261 cm³/mol. The minimum Gasteiger partial charge on any atom is -0.208 e. The van der Waals surface area contributed by atoms with Crippen LogP contribution >= 0.6 is 23.1 Å². The van der Waals surface area contributed by atoms with Crippen LogP contribution in [0.25, 0.3) is 87.7 Å². The van der Waals surface area contributed by atoms with Gasteiger partial charge in [-0.15, -0.1) is 11.3 Å². The molecule has 63 heavy (non-hydrogen) atoms. The van der Waals surface area contributed by atoms with Gasteiger partial charge in [0.15, 0.2) is 17.5 Å². The molecule has 3 nitrogen and oxygen atoms in total. The van der Waals surface area contributed by atoms with Gasteiger partial charge in [0.05, 0.1) is 5.41 Å². The Balaban J connectivity index is 0.957. The van der Waals surface area contributed by atoms with Gasteiger partial charge in [-0.25, -0.2) is 15.0 Å². The van der Waals surface area contributed by atoms with Crippen LogP contribution in [-0.4, -0.2) is 15.0 Å². The average molecular weight is 838 g/mol. The summed E-state index contributed by atoms with van der Waals surface area (Å²) in [5.74, 6) is 1.94. The highest BCUT2D eigenvalue weighted by molar-refractivity contribution is 7.99. The second-order valence-electron chi connectivity index (χ2n) is 16.3. The third kappa shape index (κ3) is 5.63. The molecule has 1 unspecified atom stereocenters. The van der Waals surface area contributed by atoms with Gasteiger partial charge < -0.3 is 0 Å². The van der Waals surface area contributed by atoms with Crippen molar-refractivity contribution in [3.8, 4) is 67.5 Å². The third-order valence-electron chi connectivity index (χ3n) is 12.8. The van der Waals surface area contributed by atoms with Gasteiger partial charge in [-0.2, -0.15) is 0 Å². The molecule has 0 amide bonds. The zero-order valence-electron chi connectivity index (χ0n) is 33.9. The number of aromatic nitrogens is 3. The maximum absolute atomic E-state index is 5.03. The normalized spacial score (nSPS) is 14.7. The van der Waals surface area contributed by atoms with Gasteiger partial charge in [-0.1, -0.05) is 182 Å². The van der Waals surface area contributed by atoms with E-state index in [1.165, 1.54) is 74.5 Å². The fourth-order valence-electron chi connectivity index (χ4n) is 10.0. The molecule has 0 N–H and O–H groups in total. The highest BCUT2D eigenvalue weighted by Crippen LogP contribution is 2.64. The number of thiophene rings is 1. The van der Waals surface area contributed by atoms with Crippen molar-refractivity contribution in [3.63, 3.8) is 0 Å². The van der Waals surface area contributed by atoms with Crippen LogP contribution in [0.5, 0.6) is 0 Å². The van der Waals surface area contributed by atoms with E-state index >= 15 is 0 Å². The Kier molecular flexibility index (Phi) is 8.23. The molecule has 5 heteroatoms. The van der Waals surface area contributed by atoms with Crippen molar-refractivity contribution in [1.82, 2.24) is 15.0 Å². The number of hydrogen-bond donors (Lipinski definition) is 0. The number of nitrogens with zero attached hydrogens (tertiary/aromatic N) is 3. The Bertz CT molecular complexity index is 3560. The van der Waals surface area contributed by atoms with E-state index in [0.29, 0.717) is 17.5 Å². The van der Waals surface area contributed by atoms with Crippen molar-refractivity contribution in [2.24, 2.45) is 0 Å². The highest BCUT2D eigenvalue weighted by atomic mass is 32.2. The minimum atomic E-state index is -0.482. The van der Waals surface area contributed by atoms with Crippen LogP contribution in [0.3, 0.4) is 0 Å². The molecule has 3 heterocycles. The summed E-state index contributed by atoms with van der Waals surface area (Å²) in [6.45, 7) is 0. The number of rotatable bonds is 5. The lowest BCUT2D eigenvalue weighted by Gasteiger charge is -2.40. The molecule has 1 spiro atoms. The number of hydrogen-bond acceptors (Lipinski definition) is 5. The van der Waals surface area contributed by atoms with E-state index in [1.807, 2.05) is 83.8 Å². The van der Waals surface area contributed by atoms with Gasteiger partial charge in [0.25, 0.3) is 0 Å². The summed E-state index contributed by atoms with van der Waals surface area (Å²) in [7, 11) is 0. The molecular formula is C58H35N3S2. The first kappa shape index (κ1) is 36.2. The average Bonchev–Trinajstić information content (AvgIpc) is 3.88. The van der Waals surface area contributed by atoms with Crippen molar-refractivity contribution in [2.75, 3.05) is 0 Å². The molecular weight excluding hydrogens is 803 g/mol. The fourth-order valence-corrected chi connectivity index (χ4v) is 12.3. The van der Waals surface area contributed by atoms with E-state index < -0.39 is 5.41 Å². The van der Waals surface area contributed by atoms with Gasteiger partial charge in [0.1, 0.15) is 0 Å². The van der Waals surface area contributed by atoms with E-state index in [-0.39, 0.29) is 0 Å². The van der Waals surface area contributed by atoms with E-state index in [9.17, 15) is 0 Å². The Morgan fingerprint density at radius 3 is 1.60 bits per heavy atom. The first-order valence-corrected chi connectivity index (χ1v) is 22.9. The lowest BCUT2D eigenvalue weighted by molar-refractivity contribution is 0.723. The summed E-state index contributed by atoms with van der Waals surface area (Å²) in [4.78, 5) is 17.6. The minimum absolute atomic E-state index is 0.482. The molecule has 294 valence electrons. The van der Waals surface area contributed by atoms with E-state index in [2.05, 4.69) is 152 Å². The predicted octanol–water partition coefficient (Wildman–Crippen LogP) is 15.4. The monoisotopic (exact) mass is 837 g/mol. The first-order chi connectivity index (χ1) is 31.2. The zero-order chi connectivity index (χ0) is 41.5. The fraction of sp³-hybridized carbons (Fsp3) is 0.0172. The van der Waals surface area contributed by atoms with Gasteiger partial charge >= 0.3 is 0 Å². The quantitative estimate of drug-likeness (QED) is 0.173. The number of fused-ring (bicyclic) bond motifs is 13. The first-order valence-electron chi connectivity index (χ1n) is 21.3. The van der Waals surface area contributed by atoms with Gasteiger partial charge in [0, 0.05) is 46.7 Å². The molecule has 0 bridgehead atoms. The Morgan fingerprint density at radius 2 is 0.873 bits per heavy atom. The summed E-state index contributed by atoms with van der Waals surface area (Å²) in [5.41, 5.74) is 15.0. The van der Waals surface area contributed by atoms with Crippen LogP contribution in [0.15, 0.2) is 222 Å². The van der Waals surface area contributed by atoms with Crippen molar-refractivity contribution in [1.29, 1.82) is 0 Å². The van der Waals surface area contributed by atoms with Crippen molar-refractivity contribution in [3.05, 3.63) is 235 Å². The molecule has 1 atom stereocenters. The third-order valence-corrected chi connectivity index (χ3v) is 15.1. The largest absolute Gasteiger partial charge is 0.208 e. The Labute approximate surface area is 373 Å². The molecule has 0 saturated carbocycles. The molecule has 2 aliphatic rings. The van der Waals surface area contributed by atoms with E-state index in [1.54, 1.807) is 0 Å². The van der Waals surface area contributed by atoms with Crippen LogP contribution in [0.4, 0.5) is 0 Å². The molecule has 0 radical (unpaired) electrons. The molecule has 2 aromatic heterocycles. The summed E-state index contributed by atoms with van der Waals surface area (Å²) >= 11 is 3.78. The van der Waals surface area contributed by atoms with Gasteiger partial charge in [-0.05, 0) is 98.1 Å². The smallest absolute Gasteiger partial charge is 0.164 e. The number of benzene rings is 9. The molecule has 1 aliphatic heterocycles. The van der Waals surface area contributed by atoms with Crippen molar-refractivity contribution < 1.29 is 0 Å². The molecule has 13 rings (SSSR count). The topological polar surface area (TPSA) is 38.7 Å². The second kappa shape index (κ2) is 14.3. The van der Waals surface area contributed by atoms with E-state index in [0.717, 1.165) is 27.8 Å². The van der Waals surface area contributed by atoms with Crippen LogP contribution in [0, 0.1) is 0 Å². The molecule has 9 aromatic carbocycles. The SMILES string of the molecule is c1ccc(-c2nc(-c3ccccc3)nc(-c3cccc(-c4cccc(-c5ccc6c(c5)C5(c7ccccc7S6)c6ccccc6-c6c5ccc5sc7ccccc7c65)c4)c3)n2)cc1. The molecule has 0 saturated heterocycles. The van der Waals surface area contributed by atoms with Crippen LogP contribution < -0.4 is 0 Å². The zero-order valence-corrected chi connectivity index (χ0v) is 35.5. The summed E-state index contributed by atoms with van der Waals surface area (Å²) in [6, 6.07) is 76.9.